The maximum absolute atomic E-state index is 13.4. The number of fused-ring (bicyclic) bond motifs is 1. The number of alkyl halides is 3. The summed E-state index contributed by atoms with van der Waals surface area (Å²) in [7, 11) is 0. The molecule has 2 aromatic rings. The molecular formula is C19H16F4N4O4. The minimum absolute atomic E-state index is 0.0804. The number of halogens is 4. The number of amides is 2. The molecule has 8 nitrogen and oxygen atoms in total. The number of hydrazine groups is 2. The monoisotopic (exact) mass is 440 g/mol. The molecule has 164 valence electrons. The van der Waals surface area contributed by atoms with Crippen LogP contribution < -0.4 is 15.6 Å². The van der Waals surface area contributed by atoms with Gasteiger partial charge in [0.05, 0.1) is 6.54 Å². The Morgan fingerprint density at radius 2 is 1.84 bits per heavy atom. The number of hydrogen-bond donors (Lipinski definition) is 3. The maximum atomic E-state index is 13.4. The highest BCUT2D eigenvalue weighted by molar-refractivity contribution is 5.99. The molecule has 2 aromatic carbocycles. The predicted octanol–water partition coefficient (Wildman–Crippen LogP) is 1.86. The molecule has 0 radical (unpaired) electrons. The van der Waals surface area contributed by atoms with Gasteiger partial charge in [-0.2, -0.15) is 18.6 Å². The Morgan fingerprint density at radius 1 is 1.13 bits per heavy atom. The molecule has 0 saturated carbocycles. The van der Waals surface area contributed by atoms with Gasteiger partial charge in [0, 0.05) is 12.1 Å². The van der Waals surface area contributed by atoms with E-state index in [9.17, 15) is 32.4 Å². The van der Waals surface area contributed by atoms with E-state index >= 15 is 0 Å². The first-order chi connectivity index (χ1) is 14.6. The number of carbonyl (C=O) groups excluding carboxylic acids is 2. The van der Waals surface area contributed by atoms with Crippen molar-refractivity contribution in [2.45, 2.75) is 18.3 Å². The first-order valence-electron chi connectivity index (χ1n) is 9.03. The Bertz CT molecular complexity index is 1030. The van der Waals surface area contributed by atoms with Crippen LogP contribution in [0, 0.1) is 5.82 Å². The molecule has 4 rings (SSSR count). The molecule has 1 unspecified atom stereocenters. The Balaban J connectivity index is 1.59. The molecule has 1 atom stereocenters. The molecular weight excluding hydrogens is 424 g/mol. The van der Waals surface area contributed by atoms with Crippen LogP contribution in [0.4, 0.5) is 17.6 Å². The largest absolute Gasteiger partial charge is 0.484 e. The van der Waals surface area contributed by atoms with Gasteiger partial charge in [-0.3, -0.25) is 14.8 Å². The van der Waals surface area contributed by atoms with E-state index in [-0.39, 0.29) is 24.4 Å². The van der Waals surface area contributed by atoms with Gasteiger partial charge in [-0.15, -0.1) is 0 Å². The normalized spacial score (nSPS) is 21.4. The van der Waals surface area contributed by atoms with E-state index < -0.39 is 36.0 Å². The van der Waals surface area contributed by atoms with Crippen molar-refractivity contribution < 1.29 is 37.1 Å². The second kappa shape index (κ2) is 7.48. The zero-order valence-electron chi connectivity index (χ0n) is 15.7. The first kappa shape index (κ1) is 21.0. The topological polar surface area (TPSA) is 94.1 Å². The molecule has 12 heteroatoms. The third-order valence-corrected chi connectivity index (χ3v) is 5.02. The van der Waals surface area contributed by atoms with Crippen LogP contribution >= 0.6 is 0 Å². The lowest BCUT2D eigenvalue weighted by Crippen LogP contribution is -2.53. The summed E-state index contributed by atoms with van der Waals surface area (Å²) >= 11 is 0. The van der Waals surface area contributed by atoms with E-state index in [1.165, 1.54) is 35.2 Å². The molecule has 2 amide bonds. The Hall–Kier alpha value is -3.22. The molecule has 0 bridgehead atoms. The Kier molecular flexibility index (Phi) is 5.07. The van der Waals surface area contributed by atoms with Crippen molar-refractivity contribution in [2.75, 3.05) is 13.2 Å². The molecule has 3 N–H and O–H groups in total. The SMILES string of the molecule is O=C1c2cc(OCC(F)(F)F)ccc2CN1CC1(c2ccc(F)cc2)NN(O)NC1=O. The van der Waals surface area contributed by atoms with E-state index in [2.05, 4.69) is 10.9 Å². The fourth-order valence-corrected chi connectivity index (χ4v) is 3.59. The summed E-state index contributed by atoms with van der Waals surface area (Å²) in [6.45, 7) is -1.65. The predicted molar refractivity (Wildman–Crippen MR) is 95.7 cm³/mol. The third kappa shape index (κ3) is 4.04. The van der Waals surface area contributed by atoms with Crippen LogP contribution in [0.3, 0.4) is 0 Å². The van der Waals surface area contributed by atoms with Crippen LogP contribution in [0.25, 0.3) is 0 Å². The maximum Gasteiger partial charge on any atom is 0.422 e. The summed E-state index contributed by atoms with van der Waals surface area (Å²) in [4.78, 5) is 26.9. The molecule has 0 spiro atoms. The number of hydrogen-bond acceptors (Lipinski definition) is 6. The Labute approximate surface area is 172 Å². The lowest BCUT2D eigenvalue weighted by atomic mass is 9.89. The lowest BCUT2D eigenvalue weighted by molar-refractivity contribution is -0.165. The first-order valence-corrected chi connectivity index (χ1v) is 9.03. The van der Waals surface area contributed by atoms with E-state index in [0.29, 0.717) is 16.4 Å². The fourth-order valence-electron chi connectivity index (χ4n) is 3.59. The van der Waals surface area contributed by atoms with Gasteiger partial charge in [0.15, 0.2) is 12.1 Å². The van der Waals surface area contributed by atoms with Crippen molar-refractivity contribution in [1.29, 1.82) is 0 Å². The number of carbonyl (C=O) groups is 2. The van der Waals surface area contributed by atoms with E-state index in [1.54, 1.807) is 0 Å². The van der Waals surface area contributed by atoms with E-state index in [4.69, 9.17) is 4.74 Å². The molecule has 1 fully saturated rings. The van der Waals surface area contributed by atoms with Crippen LogP contribution in [-0.2, 0) is 16.9 Å². The van der Waals surface area contributed by atoms with Crippen molar-refractivity contribution in [1.82, 2.24) is 21.0 Å². The number of ether oxygens (including phenoxy) is 1. The molecule has 0 aromatic heterocycles. The zero-order valence-corrected chi connectivity index (χ0v) is 15.7. The minimum atomic E-state index is -4.52. The van der Waals surface area contributed by atoms with Crippen molar-refractivity contribution in [3.05, 3.63) is 65.0 Å². The second-order valence-corrected chi connectivity index (χ2v) is 7.16. The smallest absolute Gasteiger partial charge is 0.422 e. The van der Waals surface area contributed by atoms with Crippen LogP contribution in [0.1, 0.15) is 21.5 Å². The van der Waals surface area contributed by atoms with E-state index in [1.807, 2.05) is 0 Å². The number of nitrogens with zero attached hydrogens (tertiary/aromatic N) is 2. The zero-order chi connectivity index (χ0) is 22.4. The Morgan fingerprint density at radius 3 is 2.45 bits per heavy atom. The molecule has 1 saturated heterocycles. The van der Waals surface area contributed by atoms with Gasteiger partial charge in [-0.25, -0.2) is 9.82 Å². The summed E-state index contributed by atoms with van der Waals surface area (Å²) in [6, 6.07) is 8.98. The van der Waals surface area contributed by atoms with Crippen LogP contribution in [0.2, 0.25) is 0 Å². The van der Waals surface area contributed by atoms with Gasteiger partial charge in [0.2, 0.25) is 0 Å². The summed E-state index contributed by atoms with van der Waals surface area (Å²) in [6.07, 6.45) is -4.52. The highest BCUT2D eigenvalue weighted by atomic mass is 19.4. The molecule has 2 aliphatic rings. The fraction of sp³-hybridized carbons (Fsp3) is 0.263. The number of nitrogens with one attached hydrogen (secondary N) is 2. The molecule has 2 aliphatic heterocycles. The summed E-state index contributed by atoms with van der Waals surface area (Å²) in [5.41, 5.74) is 4.05. The minimum Gasteiger partial charge on any atom is -0.484 e. The average molecular weight is 440 g/mol. The van der Waals surface area contributed by atoms with Crippen LogP contribution in [0.15, 0.2) is 42.5 Å². The van der Waals surface area contributed by atoms with Gasteiger partial charge in [-0.1, -0.05) is 18.2 Å². The van der Waals surface area contributed by atoms with Gasteiger partial charge >= 0.3 is 6.18 Å². The van der Waals surface area contributed by atoms with E-state index in [0.717, 1.165) is 12.1 Å². The summed E-state index contributed by atoms with van der Waals surface area (Å²) < 4.78 is 55.2. The average Bonchev–Trinajstić information content (AvgIpc) is 3.16. The lowest BCUT2D eigenvalue weighted by Gasteiger charge is -2.31. The van der Waals surface area contributed by atoms with Gasteiger partial charge in [0.1, 0.15) is 11.6 Å². The quantitative estimate of drug-likeness (QED) is 0.615. The summed E-state index contributed by atoms with van der Waals surface area (Å²) in [5.74, 6) is -1.86. The number of benzene rings is 2. The van der Waals surface area contributed by atoms with Gasteiger partial charge < -0.3 is 9.64 Å². The summed E-state index contributed by atoms with van der Waals surface area (Å²) in [5, 5.41) is 10.1. The number of rotatable bonds is 5. The molecule has 2 heterocycles. The van der Waals surface area contributed by atoms with Crippen molar-refractivity contribution in [2.24, 2.45) is 0 Å². The van der Waals surface area contributed by atoms with Crippen LogP contribution in [-0.4, -0.2) is 46.5 Å². The highest BCUT2D eigenvalue weighted by Gasteiger charge is 2.50. The molecule has 31 heavy (non-hydrogen) atoms. The van der Waals surface area contributed by atoms with Gasteiger partial charge in [0.25, 0.3) is 11.8 Å². The third-order valence-electron chi connectivity index (χ3n) is 5.02. The van der Waals surface area contributed by atoms with Crippen LogP contribution in [0.5, 0.6) is 5.75 Å². The van der Waals surface area contributed by atoms with Gasteiger partial charge in [-0.05, 0) is 40.7 Å². The van der Waals surface area contributed by atoms with Crippen molar-refractivity contribution in [3.63, 3.8) is 0 Å². The highest BCUT2D eigenvalue weighted by Crippen LogP contribution is 2.33. The second-order valence-electron chi connectivity index (χ2n) is 7.16. The standard InChI is InChI=1S/C19H16F4N4O4/c20-13-4-2-12(3-5-13)18(17(29)24-27(30)25-18)9-26-8-11-1-6-14(7-15(11)16(26)28)31-10-19(21,22)23/h1-7,25,30H,8-10H2,(H,24,29). The van der Waals surface area contributed by atoms with Crippen molar-refractivity contribution in [3.8, 4) is 5.75 Å². The molecule has 0 aliphatic carbocycles. The van der Waals surface area contributed by atoms with Crippen molar-refractivity contribution >= 4 is 11.8 Å².